The summed E-state index contributed by atoms with van der Waals surface area (Å²) >= 11 is 0. The second kappa shape index (κ2) is 6.13. The molecule has 1 heterocycles. The van der Waals surface area contributed by atoms with Crippen LogP contribution in [0.3, 0.4) is 0 Å². The van der Waals surface area contributed by atoms with Gasteiger partial charge in [-0.15, -0.1) is 0 Å². The molecule has 0 unspecified atom stereocenters. The van der Waals surface area contributed by atoms with Crippen LogP contribution in [0, 0.1) is 6.92 Å². The maximum Gasteiger partial charge on any atom is 0.0933 e. The molecule has 1 aromatic heterocycles. The van der Waals surface area contributed by atoms with E-state index in [1.807, 2.05) is 49.4 Å². The summed E-state index contributed by atoms with van der Waals surface area (Å²) in [7, 11) is 0. The van der Waals surface area contributed by atoms with Gasteiger partial charge in [-0.25, -0.2) is 0 Å². The van der Waals surface area contributed by atoms with Crippen molar-refractivity contribution < 1.29 is 4.84 Å². The minimum absolute atomic E-state index is 0.562. The molecule has 2 rings (SSSR count). The average Bonchev–Trinajstić information content (AvgIpc) is 2.38. The highest BCUT2D eigenvalue weighted by molar-refractivity contribution is 5.17. The number of hydrogen-bond acceptors (Lipinski definition) is 3. The Bertz CT molecular complexity index is 457. The van der Waals surface area contributed by atoms with Crippen molar-refractivity contribution in [1.29, 1.82) is 0 Å². The molecule has 0 radical (unpaired) electrons. The third kappa shape index (κ3) is 3.66. The molecule has 0 amide bonds. The molecule has 2 aromatic rings. The van der Waals surface area contributed by atoms with Gasteiger partial charge in [0.25, 0.3) is 0 Å². The smallest absolute Gasteiger partial charge is 0.0933 e. The number of hydrogen-bond donors (Lipinski definition) is 1. The Morgan fingerprint density at radius 2 is 1.94 bits per heavy atom. The van der Waals surface area contributed by atoms with Gasteiger partial charge < -0.3 is 0 Å². The average molecular weight is 228 g/mol. The summed E-state index contributed by atoms with van der Waals surface area (Å²) in [6, 6.07) is 14.0. The molecule has 3 heteroatoms. The first-order valence-corrected chi connectivity index (χ1v) is 5.65. The Labute approximate surface area is 101 Å². The van der Waals surface area contributed by atoms with Crippen molar-refractivity contribution in [3.05, 3.63) is 65.5 Å². The van der Waals surface area contributed by atoms with Crippen molar-refractivity contribution in [1.82, 2.24) is 10.5 Å². The Hall–Kier alpha value is -1.71. The van der Waals surface area contributed by atoms with Gasteiger partial charge in [0, 0.05) is 6.20 Å². The number of nitrogens with one attached hydrogen (secondary N) is 1. The van der Waals surface area contributed by atoms with Crippen molar-refractivity contribution in [3.63, 3.8) is 0 Å². The zero-order valence-corrected chi connectivity index (χ0v) is 9.89. The molecular formula is C14H16N2O. The van der Waals surface area contributed by atoms with E-state index in [0.29, 0.717) is 13.2 Å². The molecule has 0 aliphatic heterocycles. The van der Waals surface area contributed by atoms with Gasteiger partial charge in [0.2, 0.25) is 0 Å². The van der Waals surface area contributed by atoms with Crippen LogP contribution in [0.5, 0.6) is 0 Å². The Morgan fingerprint density at radius 3 is 2.71 bits per heavy atom. The van der Waals surface area contributed by atoms with E-state index in [4.69, 9.17) is 4.84 Å². The van der Waals surface area contributed by atoms with Gasteiger partial charge in [-0.1, -0.05) is 36.4 Å². The molecular weight excluding hydrogens is 212 g/mol. The van der Waals surface area contributed by atoms with Crippen molar-refractivity contribution in [2.75, 3.05) is 0 Å². The molecule has 0 aliphatic carbocycles. The number of nitrogens with zero attached hydrogens (tertiary/aromatic N) is 1. The van der Waals surface area contributed by atoms with E-state index in [2.05, 4.69) is 10.5 Å². The standard InChI is InChI=1S/C14H16N2O/c1-12-6-5-9-15-14(12)10-16-17-11-13-7-3-2-4-8-13/h2-9,16H,10-11H2,1H3. The summed E-state index contributed by atoms with van der Waals surface area (Å²) in [5.41, 5.74) is 6.26. The normalized spacial score (nSPS) is 10.4. The number of aryl methyl sites for hydroxylation is 1. The van der Waals surface area contributed by atoms with Crippen LogP contribution in [0.25, 0.3) is 0 Å². The summed E-state index contributed by atoms with van der Waals surface area (Å²) in [4.78, 5) is 9.67. The third-order valence-electron chi connectivity index (χ3n) is 2.54. The van der Waals surface area contributed by atoms with E-state index in [1.54, 1.807) is 6.20 Å². The molecule has 0 aliphatic rings. The molecule has 0 bridgehead atoms. The molecule has 0 spiro atoms. The zero-order chi connectivity index (χ0) is 11.9. The summed E-state index contributed by atoms with van der Waals surface area (Å²) in [6.07, 6.45) is 1.79. The van der Waals surface area contributed by atoms with E-state index in [1.165, 1.54) is 5.56 Å². The molecule has 0 atom stereocenters. The van der Waals surface area contributed by atoms with Crippen molar-refractivity contribution >= 4 is 0 Å². The van der Waals surface area contributed by atoms with Gasteiger partial charge >= 0.3 is 0 Å². The largest absolute Gasteiger partial charge is 0.297 e. The maximum atomic E-state index is 5.39. The summed E-state index contributed by atoms with van der Waals surface area (Å²) in [5, 5.41) is 0. The highest BCUT2D eigenvalue weighted by Gasteiger charge is 1.98. The SMILES string of the molecule is Cc1cccnc1CNOCc1ccccc1. The molecule has 88 valence electrons. The first-order valence-electron chi connectivity index (χ1n) is 5.65. The third-order valence-corrected chi connectivity index (χ3v) is 2.54. The molecule has 0 saturated carbocycles. The maximum absolute atomic E-state index is 5.39. The Balaban J connectivity index is 1.76. The number of benzene rings is 1. The Morgan fingerprint density at radius 1 is 1.12 bits per heavy atom. The van der Waals surface area contributed by atoms with Crippen LogP contribution in [0.2, 0.25) is 0 Å². The van der Waals surface area contributed by atoms with Crippen LogP contribution in [-0.2, 0) is 18.0 Å². The lowest BCUT2D eigenvalue weighted by Crippen LogP contribution is -2.15. The quantitative estimate of drug-likeness (QED) is 0.631. The van der Waals surface area contributed by atoms with E-state index in [9.17, 15) is 0 Å². The van der Waals surface area contributed by atoms with Crippen LogP contribution >= 0.6 is 0 Å². The lowest BCUT2D eigenvalue weighted by Gasteiger charge is -2.07. The van der Waals surface area contributed by atoms with Crippen molar-refractivity contribution in [3.8, 4) is 0 Å². The molecule has 1 N–H and O–H groups in total. The predicted molar refractivity (Wildman–Crippen MR) is 67.0 cm³/mol. The van der Waals surface area contributed by atoms with E-state index in [-0.39, 0.29) is 0 Å². The van der Waals surface area contributed by atoms with Crippen LogP contribution < -0.4 is 5.48 Å². The van der Waals surface area contributed by atoms with Gasteiger partial charge in [-0.2, -0.15) is 5.48 Å². The first-order chi connectivity index (χ1) is 8.36. The number of rotatable bonds is 5. The Kier molecular flexibility index (Phi) is 4.24. The minimum Gasteiger partial charge on any atom is -0.297 e. The van der Waals surface area contributed by atoms with Gasteiger partial charge in [-0.3, -0.25) is 9.82 Å². The molecule has 0 saturated heterocycles. The van der Waals surface area contributed by atoms with Gasteiger partial charge in [0.05, 0.1) is 18.8 Å². The number of hydroxylamine groups is 1. The lowest BCUT2D eigenvalue weighted by molar-refractivity contribution is 0.0227. The monoisotopic (exact) mass is 228 g/mol. The van der Waals surface area contributed by atoms with Crippen LogP contribution in [0.1, 0.15) is 16.8 Å². The highest BCUT2D eigenvalue weighted by atomic mass is 16.6. The summed E-state index contributed by atoms with van der Waals surface area (Å²) in [5.74, 6) is 0. The fraction of sp³-hybridized carbons (Fsp3) is 0.214. The first kappa shape index (κ1) is 11.8. The second-order valence-corrected chi connectivity index (χ2v) is 3.86. The fourth-order valence-electron chi connectivity index (χ4n) is 1.53. The minimum atomic E-state index is 0.562. The van der Waals surface area contributed by atoms with Crippen molar-refractivity contribution in [2.45, 2.75) is 20.1 Å². The molecule has 1 aromatic carbocycles. The van der Waals surface area contributed by atoms with Crippen LogP contribution in [0.4, 0.5) is 0 Å². The fourth-order valence-corrected chi connectivity index (χ4v) is 1.53. The summed E-state index contributed by atoms with van der Waals surface area (Å²) < 4.78 is 0. The number of aromatic nitrogens is 1. The van der Waals surface area contributed by atoms with Crippen LogP contribution in [0.15, 0.2) is 48.7 Å². The zero-order valence-electron chi connectivity index (χ0n) is 9.89. The van der Waals surface area contributed by atoms with E-state index in [0.717, 1.165) is 11.3 Å². The summed E-state index contributed by atoms with van der Waals surface area (Å²) in [6.45, 7) is 3.23. The second-order valence-electron chi connectivity index (χ2n) is 3.86. The van der Waals surface area contributed by atoms with E-state index < -0.39 is 0 Å². The predicted octanol–water partition coefficient (Wildman–Crippen LogP) is 2.61. The number of pyridine rings is 1. The lowest BCUT2D eigenvalue weighted by atomic mass is 10.2. The molecule has 0 fully saturated rings. The van der Waals surface area contributed by atoms with Gasteiger partial charge in [0.15, 0.2) is 0 Å². The van der Waals surface area contributed by atoms with E-state index >= 15 is 0 Å². The topological polar surface area (TPSA) is 34.2 Å². The van der Waals surface area contributed by atoms with Gasteiger partial charge in [-0.05, 0) is 24.1 Å². The van der Waals surface area contributed by atoms with Crippen molar-refractivity contribution in [2.24, 2.45) is 0 Å². The van der Waals surface area contributed by atoms with Gasteiger partial charge in [0.1, 0.15) is 0 Å². The molecule has 17 heavy (non-hydrogen) atoms. The van der Waals surface area contributed by atoms with Crippen LogP contribution in [-0.4, -0.2) is 4.98 Å². The highest BCUT2D eigenvalue weighted by Crippen LogP contribution is 2.03. The molecule has 3 nitrogen and oxygen atoms in total.